The average molecular weight is 441 g/mol. The Bertz CT molecular complexity index is 1080. The molecule has 3 heterocycles. The van der Waals surface area contributed by atoms with Crippen LogP contribution in [0.1, 0.15) is 17.4 Å². The smallest absolute Gasteiger partial charge is 0.277 e. The van der Waals surface area contributed by atoms with E-state index in [9.17, 15) is 9.59 Å². The van der Waals surface area contributed by atoms with Gasteiger partial charge in [-0.05, 0) is 48.7 Å². The highest BCUT2D eigenvalue weighted by Gasteiger charge is 2.48. The predicted molar refractivity (Wildman–Crippen MR) is 119 cm³/mol. The zero-order valence-corrected chi connectivity index (χ0v) is 18.4. The monoisotopic (exact) mass is 440 g/mol. The third-order valence-electron chi connectivity index (χ3n) is 5.34. The average Bonchev–Trinajstić information content (AvgIpc) is 3.44. The number of nitrogens with zero attached hydrogens (tertiary/aromatic N) is 3. The molecule has 1 aromatic carbocycles. The Morgan fingerprint density at radius 3 is 2.68 bits per heavy atom. The molecule has 31 heavy (non-hydrogen) atoms. The van der Waals surface area contributed by atoms with Crippen molar-refractivity contribution in [1.29, 1.82) is 0 Å². The van der Waals surface area contributed by atoms with Crippen molar-refractivity contribution >= 4 is 28.8 Å². The summed E-state index contributed by atoms with van der Waals surface area (Å²) in [5.41, 5.74) is 0.601. The van der Waals surface area contributed by atoms with E-state index in [4.69, 9.17) is 9.47 Å². The molecule has 0 saturated carbocycles. The number of benzene rings is 1. The standard InChI is InChI=1S/C22H24N4O4S/c1-22(21(28)23-10-11-29-2)14-25-18(13-17(24-25)19-5-4-12-31-19)20(27)26(22)15-6-8-16(30-3)9-7-15/h4-9,12-13H,10-11,14H2,1-3H3,(H,23,28)/t22-/m0/s1. The van der Waals surface area contributed by atoms with Gasteiger partial charge in [0.2, 0.25) is 5.91 Å². The maximum Gasteiger partial charge on any atom is 0.277 e. The van der Waals surface area contributed by atoms with Crippen LogP contribution in [0, 0.1) is 0 Å². The van der Waals surface area contributed by atoms with Crippen molar-refractivity contribution in [2.75, 3.05) is 32.3 Å². The van der Waals surface area contributed by atoms with Gasteiger partial charge in [-0.3, -0.25) is 19.2 Å². The Morgan fingerprint density at radius 2 is 2.03 bits per heavy atom. The quantitative estimate of drug-likeness (QED) is 0.571. The number of carbonyl (C=O) groups is 2. The summed E-state index contributed by atoms with van der Waals surface area (Å²) in [6.07, 6.45) is 0. The maximum absolute atomic E-state index is 13.6. The first-order chi connectivity index (χ1) is 15.0. The number of thiophene rings is 1. The van der Waals surface area contributed by atoms with Crippen LogP contribution in [-0.2, 0) is 16.1 Å². The summed E-state index contributed by atoms with van der Waals surface area (Å²) < 4.78 is 11.9. The van der Waals surface area contributed by atoms with Gasteiger partial charge in [-0.1, -0.05) is 6.07 Å². The molecule has 1 aliphatic heterocycles. The van der Waals surface area contributed by atoms with E-state index < -0.39 is 5.54 Å². The fourth-order valence-electron chi connectivity index (χ4n) is 3.72. The van der Waals surface area contributed by atoms with E-state index in [0.29, 0.717) is 30.3 Å². The third kappa shape index (κ3) is 3.82. The summed E-state index contributed by atoms with van der Waals surface area (Å²) in [7, 11) is 3.16. The normalized spacial score (nSPS) is 18.0. The van der Waals surface area contributed by atoms with Crippen LogP contribution in [0.25, 0.3) is 10.6 Å². The van der Waals surface area contributed by atoms with Crippen LogP contribution in [0.15, 0.2) is 47.8 Å². The van der Waals surface area contributed by atoms with Gasteiger partial charge in [0.15, 0.2) is 0 Å². The van der Waals surface area contributed by atoms with Gasteiger partial charge >= 0.3 is 0 Å². The Morgan fingerprint density at radius 1 is 1.26 bits per heavy atom. The molecule has 0 fully saturated rings. The number of hydrogen-bond acceptors (Lipinski definition) is 6. The number of anilines is 1. The molecule has 1 aliphatic rings. The van der Waals surface area contributed by atoms with Crippen LogP contribution >= 0.6 is 11.3 Å². The second-order valence-corrected chi connectivity index (χ2v) is 8.36. The Hall–Kier alpha value is -3.17. The Labute approximate surface area is 184 Å². The van der Waals surface area contributed by atoms with E-state index in [2.05, 4.69) is 10.4 Å². The van der Waals surface area contributed by atoms with E-state index in [0.717, 1.165) is 10.6 Å². The van der Waals surface area contributed by atoms with Gasteiger partial charge in [-0.25, -0.2) is 0 Å². The molecule has 1 N–H and O–H groups in total. The lowest BCUT2D eigenvalue weighted by Gasteiger charge is -2.43. The van der Waals surface area contributed by atoms with E-state index >= 15 is 0 Å². The minimum atomic E-state index is -1.18. The summed E-state index contributed by atoms with van der Waals surface area (Å²) in [6, 6.07) is 12.8. The molecule has 0 saturated heterocycles. The molecule has 2 amide bonds. The fourth-order valence-corrected chi connectivity index (χ4v) is 4.40. The molecule has 0 aliphatic carbocycles. The summed E-state index contributed by atoms with van der Waals surface area (Å²) >= 11 is 1.55. The largest absolute Gasteiger partial charge is 0.497 e. The lowest BCUT2D eigenvalue weighted by atomic mass is 9.94. The van der Waals surface area contributed by atoms with Crippen molar-refractivity contribution < 1.29 is 19.1 Å². The zero-order valence-electron chi connectivity index (χ0n) is 17.6. The molecule has 0 unspecified atom stereocenters. The molecule has 8 nitrogen and oxygen atoms in total. The Kier molecular flexibility index (Phi) is 5.79. The first-order valence-corrected chi connectivity index (χ1v) is 10.7. The van der Waals surface area contributed by atoms with E-state index in [-0.39, 0.29) is 18.4 Å². The highest BCUT2D eigenvalue weighted by Crippen LogP contribution is 2.35. The highest BCUT2D eigenvalue weighted by atomic mass is 32.1. The molecule has 4 rings (SSSR count). The minimum absolute atomic E-state index is 0.226. The van der Waals surface area contributed by atoms with Crippen LogP contribution in [0.3, 0.4) is 0 Å². The first-order valence-electron chi connectivity index (χ1n) is 9.85. The number of ether oxygens (including phenoxy) is 2. The summed E-state index contributed by atoms with van der Waals surface area (Å²) in [4.78, 5) is 29.4. The van der Waals surface area contributed by atoms with Gasteiger partial charge in [-0.15, -0.1) is 11.3 Å². The molecular formula is C22H24N4O4S. The van der Waals surface area contributed by atoms with Crippen molar-refractivity contribution in [3.63, 3.8) is 0 Å². The number of rotatable bonds is 7. The molecule has 0 spiro atoms. The molecule has 3 aromatic rings. The minimum Gasteiger partial charge on any atom is -0.497 e. The van der Waals surface area contributed by atoms with Gasteiger partial charge in [0.05, 0.1) is 25.1 Å². The van der Waals surface area contributed by atoms with Crippen LogP contribution in [0.4, 0.5) is 5.69 Å². The van der Waals surface area contributed by atoms with Crippen LogP contribution < -0.4 is 15.0 Å². The lowest BCUT2D eigenvalue weighted by Crippen LogP contribution is -2.64. The first kappa shape index (κ1) is 21.1. The van der Waals surface area contributed by atoms with Crippen molar-refractivity contribution in [1.82, 2.24) is 15.1 Å². The van der Waals surface area contributed by atoms with Crippen molar-refractivity contribution in [3.05, 3.63) is 53.5 Å². The predicted octanol–water partition coefficient (Wildman–Crippen LogP) is 2.80. The Balaban J connectivity index is 1.77. The number of hydrogen-bond donors (Lipinski definition) is 1. The lowest BCUT2D eigenvalue weighted by molar-refractivity contribution is -0.126. The van der Waals surface area contributed by atoms with Crippen molar-refractivity contribution in [2.24, 2.45) is 0 Å². The number of nitrogens with one attached hydrogen (secondary N) is 1. The van der Waals surface area contributed by atoms with E-state index in [1.165, 1.54) is 0 Å². The molecule has 1 atom stereocenters. The topological polar surface area (TPSA) is 85.7 Å². The van der Waals surface area contributed by atoms with Gasteiger partial charge < -0.3 is 14.8 Å². The third-order valence-corrected chi connectivity index (χ3v) is 6.23. The van der Waals surface area contributed by atoms with Gasteiger partial charge in [-0.2, -0.15) is 5.10 Å². The fraction of sp³-hybridized carbons (Fsp3) is 0.318. The zero-order chi connectivity index (χ0) is 22.0. The van der Waals surface area contributed by atoms with Crippen LogP contribution in [0.2, 0.25) is 0 Å². The maximum atomic E-state index is 13.6. The molecule has 9 heteroatoms. The molecular weight excluding hydrogens is 416 g/mol. The second-order valence-electron chi connectivity index (χ2n) is 7.41. The number of fused-ring (bicyclic) bond motifs is 1. The summed E-state index contributed by atoms with van der Waals surface area (Å²) in [5, 5.41) is 9.47. The summed E-state index contributed by atoms with van der Waals surface area (Å²) in [6.45, 7) is 2.72. The molecule has 0 bridgehead atoms. The molecule has 2 aromatic heterocycles. The summed E-state index contributed by atoms with van der Waals surface area (Å²) in [5.74, 6) is 0.119. The second kappa shape index (κ2) is 8.52. The van der Waals surface area contributed by atoms with Gasteiger partial charge in [0, 0.05) is 19.3 Å². The van der Waals surface area contributed by atoms with Gasteiger partial charge in [0.25, 0.3) is 5.91 Å². The van der Waals surface area contributed by atoms with Crippen molar-refractivity contribution in [2.45, 2.75) is 19.0 Å². The number of amides is 2. The number of methoxy groups -OCH3 is 2. The van der Waals surface area contributed by atoms with Crippen molar-refractivity contribution in [3.8, 4) is 16.3 Å². The molecule has 162 valence electrons. The highest BCUT2D eigenvalue weighted by molar-refractivity contribution is 7.13. The number of aromatic nitrogens is 2. The van der Waals surface area contributed by atoms with E-state index in [1.54, 1.807) is 72.4 Å². The van der Waals surface area contributed by atoms with Crippen LogP contribution in [0.5, 0.6) is 5.75 Å². The number of carbonyl (C=O) groups excluding carboxylic acids is 2. The SMILES string of the molecule is COCCNC(=O)[C@]1(C)Cn2nc(-c3cccs3)cc2C(=O)N1c1ccc(OC)cc1. The van der Waals surface area contributed by atoms with Gasteiger partial charge in [0.1, 0.15) is 22.7 Å². The molecule has 0 radical (unpaired) electrons. The van der Waals surface area contributed by atoms with Crippen LogP contribution in [-0.4, -0.2) is 54.5 Å². The van der Waals surface area contributed by atoms with E-state index in [1.807, 2.05) is 17.5 Å².